The van der Waals surface area contributed by atoms with Crippen LogP contribution in [0.2, 0.25) is 0 Å². The van der Waals surface area contributed by atoms with E-state index in [1.165, 1.54) is 250 Å². The Bertz CT molecular complexity index is 1680. The molecule has 0 fully saturated rings. The van der Waals surface area contributed by atoms with Gasteiger partial charge < -0.3 is 27.9 Å². The second-order valence-corrected chi connectivity index (χ2v) is 27.4. The first-order chi connectivity index (χ1) is 42.0. The van der Waals surface area contributed by atoms with Crippen molar-refractivity contribution in [2.45, 2.75) is 354 Å². The van der Waals surface area contributed by atoms with Gasteiger partial charge in [-0.25, -0.2) is 0 Å². The van der Waals surface area contributed by atoms with Gasteiger partial charge in [-0.15, -0.1) is 0 Å². The van der Waals surface area contributed by atoms with Gasteiger partial charge in [0.2, 0.25) is 0 Å². The molecule has 0 spiro atoms. The van der Waals surface area contributed by atoms with Crippen LogP contribution in [0.15, 0.2) is 72.9 Å². The molecule has 0 saturated heterocycles. The highest BCUT2D eigenvalue weighted by Gasteiger charge is 2.22. The molecule has 0 bridgehead atoms. The lowest BCUT2D eigenvalue weighted by Gasteiger charge is -2.28. The van der Waals surface area contributed by atoms with Gasteiger partial charge in [0.05, 0.1) is 27.7 Å². The Hall–Kier alpha value is -2.55. The summed E-state index contributed by atoms with van der Waals surface area (Å²) >= 11 is 0. The van der Waals surface area contributed by atoms with Gasteiger partial charge in [0.25, 0.3) is 7.82 Å². The second kappa shape index (κ2) is 66.9. The van der Waals surface area contributed by atoms with E-state index in [0.717, 1.165) is 64.2 Å². The van der Waals surface area contributed by atoms with Crippen molar-refractivity contribution < 1.29 is 42.1 Å². The SMILES string of the molecule is CCCCCCC/C=C\C/C=C\C/C=C\CCCCCCCCCCCCCCCCCCCCC(=O)OC(COC(=O)CCCCCCCCCCCCCCCC/C=C\C/C=C\C/C=C\CCCCCCC)COP(=O)([O-])OCC[N+](C)(C)C. The molecule has 2 unspecified atom stereocenters. The molecular formula is C76H140NO8P. The van der Waals surface area contributed by atoms with E-state index < -0.39 is 26.5 Å². The van der Waals surface area contributed by atoms with E-state index in [4.69, 9.17) is 18.5 Å². The van der Waals surface area contributed by atoms with E-state index in [2.05, 4.69) is 86.8 Å². The first-order valence-corrected chi connectivity index (χ1v) is 38.1. The molecule has 10 heteroatoms. The molecule has 0 saturated carbocycles. The average Bonchev–Trinajstić information content (AvgIpc) is 3.70. The standard InChI is InChI=1S/C76H140NO8P/c1-6-8-10-12-14-16-18-20-22-24-26-28-30-32-34-36-37-38-39-41-43-45-47-49-51-53-55-57-59-61-63-65-67-69-76(79)85-74(73-84-86(80,81)83-71-70-77(3,4)5)72-82-75(78)68-66-64-62-60-58-56-54-52-50-48-46-44-42-40-35-33-31-29-27-25-23-21-19-17-15-13-11-9-7-2/h18-21,24-27,30-33,74H,6-17,22-23,28-29,34-73H2,1-5H3/b20-18-,21-19-,26-24-,27-25-,32-30-,33-31-. The molecule has 2 atom stereocenters. The number of nitrogens with zero attached hydrogens (tertiary/aromatic N) is 1. The van der Waals surface area contributed by atoms with E-state index in [-0.39, 0.29) is 32.0 Å². The zero-order valence-electron chi connectivity index (χ0n) is 57.3. The van der Waals surface area contributed by atoms with Crippen LogP contribution >= 0.6 is 7.82 Å². The minimum Gasteiger partial charge on any atom is -0.756 e. The number of carbonyl (C=O) groups excluding carboxylic acids is 2. The predicted molar refractivity (Wildman–Crippen MR) is 370 cm³/mol. The van der Waals surface area contributed by atoms with E-state index in [9.17, 15) is 19.0 Å². The molecule has 502 valence electrons. The number of hydrogen-bond donors (Lipinski definition) is 0. The van der Waals surface area contributed by atoms with Crippen LogP contribution in [0.1, 0.15) is 348 Å². The van der Waals surface area contributed by atoms with Crippen molar-refractivity contribution in [3.05, 3.63) is 72.9 Å². The number of hydrogen-bond acceptors (Lipinski definition) is 8. The lowest BCUT2D eigenvalue weighted by atomic mass is 10.0. The molecule has 0 aliphatic carbocycles. The van der Waals surface area contributed by atoms with Gasteiger partial charge in [-0.05, 0) is 89.9 Å². The molecule has 0 N–H and O–H groups in total. The summed E-state index contributed by atoms with van der Waals surface area (Å²) in [6, 6.07) is 0. The van der Waals surface area contributed by atoms with Crippen molar-refractivity contribution in [2.75, 3.05) is 47.5 Å². The molecule has 0 aliphatic rings. The normalized spacial score (nSPS) is 13.5. The van der Waals surface area contributed by atoms with Crippen molar-refractivity contribution in [2.24, 2.45) is 0 Å². The maximum atomic E-state index is 12.9. The zero-order valence-corrected chi connectivity index (χ0v) is 58.2. The third-order valence-electron chi connectivity index (χ3n) is 16.2. The molecule has 0 aromatic heterocycles. The third kappa shape index (κ3) is 70.5. The summed E-state index contributed by atoms with van der Waals surface area (Å²) in [4.78, 5) is 38.1. The number of phosphoric acid groups is 1. The second-order valence-electron chi connectivity index (χ2n) is 26.0. The number of unbranched alkanes of at least 4 members (excludes halogenated alkanes) is 42. The number of quaternary nitrogens is 1. The summed E-state index contributed by atoms with van der Waals surface area (Å²) in [5.41, 5.74) is 0. The summed E-state index contributed by atoms with van der Waals surface area (Å²) in [7, 11) is 1.18. The number of likely N-dealkylation sites (N-methyl/N-ethyl adjacent to an activating group) is 1. The first kappa shape index (κ1) is 83.5. The summed E-state index contributed by atoms with van der Waals surface area (Å²) < 4.78 is 34.4. The van der Waals surface area contributed by atoms with Gasteiger partial charge in [0.15, 0.2) is 6.10 Å². The smallest absolute Gasteiger partial charge is 0.306 e. The molecule has 0 aromatic carbocycles. The zero-order chi connectivity index (χ0) is 62.6. The maximum absolute atomic E-state index is 12.9. The molecule has 0 amide bonds. The van der Waals surface area contributed by atoms with Crippen molar-refractivity contribution in [3.63, 3.8) is 0 Å². The maximum Gasteiger partial charge on any atom is 0.306 e. The van der Waals surface area contributed by atoms with Crippen LogP contribution in [-0.2, 0) is 32.7 Å². The minimum absolute atomic E-state index is 0.0311. The van der Waals surface area contributed by atoms with Crippen molar-refractivity contribution in [1.29, 1.82) is 0 Å². The molecular weight excluding hydrogens is 1090 g/mol. The Morgan fingerprint density at radius 3 is 0.930 bits per heavy atom. The lowest BCUT2D eigenvalue weighted by molar-refractivity contribution is -0.870. The van der Waals surface area contributed by atoms with E-state index in [0.29, 0.717) is 17.4 Å². The highest BCUT2D eigenvalue weighted by Crippen LogP contribution is 2.38. The summed E-state index contributed by atoms with van der Waals surface area (Å²) in [6.45, 7) is 4.26. The summed E-state index contributed by atoms with van der Waals surface area (Å²) in [5, 5.41) is 0. The Morgan fingerprint density at radius 1 is 0.360 bits per heavy atom. The number of rotatable bonds is 68. The number of allylic oxidation sites excluding steroid dienone is 12. The van der Waals surface area contributed by atoms with Gasteiger partial charge >= 0.3 is 11.9 Å². The molecule has 9 nitrogen and oxygen atoms in total. The van der Waals surface area contributed by atoms with Crippen LogP contribution in [-0.4, -0.2) is 70.0 Å². The van der Waals surface area contributed by atoms with Gasteiger partial charge in [0, 0.05) is 12.8 Å². The summed E-state index contributed by atoms with van der Waals surface area (Å²) in [6.07, 6.45) is 89.9. The van der Waals surface area contributed by atoms with Crippen molar-refractivity contribution in [3.8, 4) is 0 Å². The Kier molecular flexibility index (Phi) is 64.9. The van der Waals surface area contributed by atoms with Crippen LogP contribution in [0, 0.1) is 0 Å². The van der Waals surface area contributed by atoms with E-state index in [1.807, 2.05) is 21.1 Å². The van der Waals surface area contributed by atoms with Crippen molar-refractivity contribution >= 4 is 19.8 Å². The van der Waals surface area contributed by atoms with Crippen LogP contribution in [0.25, 0.3) is 0 Å². The largest absolute Gasteiger partial charge is 0.756 e. The lowest BCUT2D eigenvalue weighted by Crippen LogP contribution is -2.37. The highest BCUT2D eigenvalue weighted by molar-refractivity contribution is 7.45. The number of phosphoric ester groups is 1. The molecule has 0 rings (SSSR count). The first-order valence-electron chi connectivity index (χ1n) is 36.6. The Morgan fingerprint density at radius 2 is 0.628 bits per heavy atom. The quantitative estimate of drug-likeness (QED) is 0.0195. The molecule has 0 aliphatic heterocycles. The molecule has 0 heterocycles. The van der Waals surface area contributed by atoms with E-state index >= 15 is 0 Å². The number of ether oxygens (including phenoxy) is 2. The van der Waals surface area contributed by atoms with Crippen molar-refractivity contribution in [1.82, 2.24) is 0 Å². The fraction of sp³-hybridized carbons (Fsp3) is 0.816. The van der Waals surface area contributed by atoms with E-state index in [1.54, 1.807) is 0 Å². The molecule has 0 radical (unpaired) electrons. The monoisotopic (exact) mass is 1230 g/mol. The fourth-order valence-electron chi connectivity index (χ4n) is 10.6. The highest BCUT2D eigenvalue weighted by atomic mass is 31.2. The van der Waals surface area contributed by atoms with Gasteiger partial charge in [-0.3, -0.25) is 14.2 Å². The Balaban J connectivity index is 4.01. The van der Waals surface area contributed by atoms with Gasteiger partial charge in [-0.1, -0.05) is 318 Å². The topological polar surface area (TPSA) is 111 Å². The predicted octanol–water partition coefficient (Wildman–Crippen LogP) is 23.3. The fourth-order valence-corrected chi connectivity index (χ4v) is 11.3. The van der Waals surface area contributed by atoms with Crippen LogP contribution < -0.4 is 4.89 Å². The Labute approximate surface area is 533 Å². The molecule has 86 heavy (non-hydrogen) atoms. The number of esters is 2. The summed E-state index contributed by atoms with van der Waals surface area (Å²) in [5.74, 6) is -0.820. The number of carbonyl (C=O) groups is 2. The van der Waals surface area contributed by atoms with Gasteiger partial charge in [0.1, 0.15) is 19.8 Å². The average molecular weight is 1230 g/mol. The van der Waals surface area contributed by atoms with Gasteiger partial charge in [-0.2, -0.15) is 0 Å². The minimum atomic E-state index is -4.64. The molecule has 0 aromatic rings. The van der Waals surface area contributed by atoms with Crippen LogP contribution in [0.3, 0.4) is 0 Å². The van der Waals surface area contributed by atoms with Crippen LogP contribution in [0.4, 0.5) is 0 Å². The van der Waals surface area contributed by atoms with Crippen LogP contribution in [0.5, 0.6) is 0 Å². The third-order valence-corrected chi connectivity index (χ3v) is 17.2.